The van der Waals surface area contributed by atoms with E-state index in [2.05, 4.69) is 5.32 Å². The molecule has 0 aliphatic heterocycles. The normalized spacial score (nSPS) is 11.5. The van der Waals surface area contributed by atoms with Gasteiger partial charge in [0.05, 0.1) is 5.56 Å². The van der Waals surface area contributed by atoms with Crippen molar-refractivity contribution in [2.75, 3.05) is 5.32 Å². The lowest BCUT2D eigenvalue weighted by Gasteiger charge is -2.14. The van der Waals surface area contributed by atoms with Crippen LogP contribution in [0.15, 0.2) is 72.8 Å². The molecule has 33 heavy (non-hydrogen) atoms. The van der Waals surface area contributed by atoms with E-state index in [0.717, 1.165) is 12.1 Å². The second-order valence-electron chi connectivity index (χ2n) is 7.43. The molecule has 1 amide bonds. The SMILES string of the molecule is CCn1c(C(=O)O)cc2cc(NC(=O)c3cc(C(F)(F)F)ccc3-c3ccccc3)ccc21. The summed E-state index contributed by atoms with van der Waals surface area (Å²) in [6.45, 7) is 2.27. The molecule has 4 aromatic rings. The number of fused-ring (bicyclic) bond motifs is 1. The molecule has 8 heteroatoms. The van der Waals surface area contributed by atoms with Crippen molar-refractivity contribution in [1.82, 2.24) is 4.57 Å². The van der Waals surface area contributed by atoms with Crippen LogP contribution in [0.5, 0.6) is 0 Å². The van der Waals surface area contributed by atoms with Crippen molar-refractivity contribution in [2.45, 2.75) is 19.6 Å². The smallest absolute Gasteiger partial charge is 0.416 e. The Hall–Kier alpha value is -4.07. The van der Waals surface area contributed by atoms with Gasteiger partial charge in [0.15, 0.2) is 0 Å². The molecule has 0 fully saturated rings. The fourth-order valence-electron chi connectivity index (χ4n) is 3.84. The van der Waals surface area contributed by atoms with Crippen molar-refractivity contribution >= 4 is 28.5 Å². The molecule has 0 atom stereocenters. The highest BCUT2D eigenvalue weighted by atomic mass is 19.4. The Balaban J connectivity index is 1.74. The number of carboxylic acids is 1. The average molecular weight is 452 g/mol. The third kappa shape index (κ3) is 4.32. The fraction of sp³-hybridized carbons (Fsp3) is 0.120. The Bertz CT molecular complexity index is 1360. The minimum absolute atomic E-state index is 0.111. The zero-order valence-electron chi connectivity index (χ0n) is 17.5. The number of hydrogen-bond donors (Lipinski definition) is 2. The van der Waals surface area contributed by atoms with Gasteiger partial charge in [-0.2, -0.15) is 13.2 Å². The number of aromatic nitrogens is 1. The lowest BCUT2D eigenvalue weighted by Crippen LogP contribution is -2.15. The lowest BCUT2D eigenvalue weighted by molar-refractivity contribution is -0.137. The number of aryl methyl sites for hydroxylation is 1. The van der Waals surface area contributed by atoms with Crippen molar-refractivity contribution in [3.05, 3.63) is 89.6 Å². The molecule has 1 aromatic heterocycles. The molecule has 3 aromatic carbocycles. The van der Waals surface area contributed by atoms with Crippen LogP contribution in [0.1, 0.15) is 33.3 Å². The predicted octanol–water partition coefficient (Wildman–Crippen LogP) is 6.30. The third-order valence-corrected chi connectivity index (χ3v) is 5.37. The van der Waals surface area contributed by atoms with Gasteiger partial charge < -0.3 is 15.0 Å². The number of benzene rings is 3. The van der Waals surface area contributed by atoms with E-state index < -0.39 is 23.6 Å². The molecule has 0 aliphatic carbocycles. The first-order valence-corrected chi connectivity index (χ1v) is 10.1. The highest BCUT2D eigenvalue weighted by molar-refractivity contribution is 6.09. The van der Waals surface area contributed by atoms with Crippen LogP contribution in [-0.2, 0) is 12.7 Å². The van der Waals surface area contributed by atoms with E-state index in [9.17, 15) is 27.9 Å². The number of halogens is 3. The Morgan fingerprint density at radius 2 is 1.70 bits per heavy atom. The summed E-state index contributed by atoms with van der Waals surface area (Å²) in [5.74, 6) is -1.78. The van der Waals surface area contributed by atoms with Crippen molar-refractivity contribution in [3.63, 3.8) is 0 Å². The minimum Gasteiger partial charge on any atom is -0.477 e. The number of alkyl halides is 3. The van der Waals surface area contributed by atoms with E-state index in [0.29, 0.717) is 34.3 Å². The lowest BCUT2D eigenvalue weighted by atomic mass is 9.96. The van der Waals surface area contributed by atoms with Gasteiger partial charge in [0.1, 0.15) is 5.69 Å². The second-order valence-corrected chi connectivity index (χ2v) is 7.43. The molecule has 0 saturated heterocycles. The molecule has 168 valence electrons. The average Bonchev–Trinajstić information content (AvgIpc) is 3.17. The van der Waals surface area contributed by atoms with Crippen LogP contribution in [0.2, 0.25) is 0 Å². The molecular formula is C25H19F3N2O3. The summed E-state index contributed by atoms with van der Waals surface area (Å²) in [5, 5.41) is 12.7. The predicted molar refractivity (Wildman–Crippen MR) is 119 cm³/mol. The molecule has 1 heterocycles. The Morgan fingerprint density at radius 1 is 0.970 bits per heavy atom. The van der Waals surface area contributed by atoms with Gasteiger partial charge in [0.25, 0.3) is 5.91 Å². The largest absolute Gasteiger partial charge is 0.477 e. The van der Waals surface area contributed by atoms with Gasteiger partial charge in [0.2, 0.25) is 0 Å². The number of aromatic carboxylic acids is 1. The monoisotopic (exact) mass is 452 g/mol. The first kappa shape index (κ1) is 22.1. The van der Waals surface area contributed by atoms with Crippen molar-refractivity contribution in [1.29, 1.82) is 0 Å². The van der Waals surface area contributed by atoms with Gasteiger partial charge in [-0.05, 0) is 54.4 Å². The first-order valence-electron chi connectivity index (χ1n) is 10.1. The van der Waals surface area contributed by atoms with E-state index in [1.54, 1.807) is 53.1 Å². The van der Waals surface area contributed by atoms with Crippen LogP contribution >= 0.6 is 0 Å². The summed E-state index contributed by atoms with van der Waals surface area (Å²) in [4.78, 5) is 24.6. The zero-order chi connectivity index (χ0) is 23.8. The number of carboxylic acid groups (broad SMARTS) is 1. The third-order valence-electron chi connectivity index (χ3n) is 5.37. The fourth-order valence-corrected chi connectivity index (χ4v) is 3.84. The van der Waals surface area contributed by atoms with Gasteiger partial charge in [-0.15, -0.1) is 0 Å². The molecule has 0 radical (unpaired) electrons. The number of nitrogens with one attached hydrogen (secondary N) is 1. The minimum atomic E-state index is -4.60. The number of anilines is 1. The molecule has 4 rings (SSSR count). The maximum absolute atomic E-state index is 13.3. The quantitative estimate of drug-likeness (QED) is 0.373. The summed E-state index contributed by atoms with van der Waals surface area (Å²) >= 11 is 0. The van der Waals surface area contributed by atoms with Crippen LogP contribution in [0.25, 0.3) is 22.0 Å². The van der Waals surface area contributed by atoms with Crippen LogP contribution in [0, 0.1) is 0 Å². The number of amides is 1. The summed E-state index contributed by atoms with van der Waals surface area (Å²) < 4.78 is 41.6. The Labute approximate surface area is 187 Å². The summed E-state index contributed by atoms with van der Waals surface area (Å²) in [5.41, 5.74) is 1.07. The van der Waals surface area contributed by atoms with Gasteiger partial charge >= 0.3 is 12.1 Å². The topological polar surface area (TPSA) is 71.3 Å². The summed E-state index contributed by atoms with van der Waals surface area (Å²) in [6.07, 6.45) is -4.60. The first-order chi connectivity index (χ1) is 15.7. The van der Waals surface area contributed by atoms with Crippen molar-refractivity contribution < 1.29 is 27.9 Å². The molecule has 0 spiro atoms. The van der Waals surface area contributed by atoms with Gasteiger partial charge in [-0.1, -0.05) is 36.4 Å². The van der Waals surface area contributed by atoms with E-state index in [-0.39, 0.29) is 11.3 Å². The summed E-state index contributed by atoms with van der Waals surface area (Å²) in [6, 6.07) is 18.1. The molecule has 0 aliphatic rings. The molecular weight excluding hydrogens is 433 g/mol. The number of carbonyl (C=O) groups excluding carboxylic acids is 1. The van der Waals surface area contributed by atoms with E-state index in [1.807, 2.05) is 6.92 Å². The van der Waals surface area contributed by atoms with Gasteiger partial charge in [-0.3, -0.25) is 4.79 Å². The maximum Gasteiger partial charge on any atom is 0.416 e. The number of nitrogens with zero attached hydrogens (tertiary/aromatic N) is 1. The second kappa shape index (κ2) is 8.46. The van der Waals surface area contributed by atoms with E-state index in [4.69, 9.17) is 0 Å². The van der Waals surface area contributed by atoms with E-state index in [1.165, 1.54) is 12.1 Å². The van der Waals surface area contributed by atoms with Crippen LogP contribution in [0.4, 0.5) is 18.9 Å². The van der Waals surface area contributed by atoms with E-state index >= 15 is 0 Å². The van der Waals surface area contributed by atoms with Crippen LogP contribution in [-0.4, -0.2) is 21.6 Å². The Kier molecular flexibility index (Phi) is 5.68. The number of hydrogen-bond acceptors (Lipinski definition) is 2. The number of rotatable bonds is 5. The van der Waals surface area contributed by atoms with Crippen LogP contribution in [0.3, 0.4) is 0 Å². The highest BCUT2D eigenvalue weighted by Crippen LogP contribution is 2.34. The van der Waals surface area contributed by atoms with Gasteiger partial charge in [0, 0.05) is 28.7 Å². The molecule has 2 N–H and O–H groups in total. The highest BCUT2D eigenvalue weighted by Gasteiger charge is 2.32. The maximum atomic E-state index is 13.3. The Morgan fingerprint density at radius 3 is 2.33 bits per heavy atom. The number of carbonyl (C=O) groups is 2. The van der Waals surface area contributed by atoms with Crippen LogP contribution < -0.4 is 5.32 Å². The van der Waals surface area contributed by atoms with Gasteiger partial charge in [-0.25, -0.2) is 4.79 Å². The molecule has 0 unspecified atom stereocenters. The van der Waals surface area contributed by atoms with Crippen molar-refractivity contribution in [3.8, 4) is 11.1 Å². The molecule has 0 bridgehead atoms. The molecule has 5 nitrogen and oxygen atoms in total. The molecule has 0 saturated carbocycles. The standard InChI is InChI=1S/C25H19F3N2O3/c1-2-30-21-11-9-18(12-16(21)13-22(30)24(32)33)29-23(31)20-14-17(25(26,27)28)8-10-19(20)15-6-4-3-5-7-15/h3-14H,2H2,1H3,(H,29,31)(H,32,33). The van der Waals surface area contributed by atoms with Crippen molar-refractivity contribution in [2.24, 2.45) is 0 Å². The zero-order valence-corrected chi connectivity index (χ0v) is 17.5. The summed E-state index contributed by atoms with van der Waals surface area (Å²) in [7, 11) is 0.